The Morgan fingerprint density at radius 1 is 0.544 bits per heavy atom. The van der Waals surface area contributed by atoms with E-state index in [9.17, 15) is 30.0 Å². The number of rotatable bonds is 33. The Bertz CT molecular complexity index is 1240. The summed E-state index contributed by atoms with van der Waals surface area (Å²) in [6.07, 6.45) is 41.4. The first-order valence-corrected chi connectivity index (χ1v) is 21.3. The van der Waals surface area contributed by atoms with E-state index in [0.29, 0.717) is 12.8 Å². The highest BCUT2D eigenvalue weighted by Gasteiger charge is 2.44. The van der Waals surface area contributed by atoms with E-state index in [1.54, 1.807) is 0 Å². The van der Waals surface area contributed by atoms with E-state index in [2.05, 4.69) is 98.9 Å². The van der Waals surface area contributed by atoms with E-state index in [1.165, 1.54) is 0 Å². The molecule has 1 saturated heterocycles. The lowest BCUT2D eigenvalue weighted by Gasteiger charge is -2.39. The topological polar surface area (TPSA) is 152 Å². The molecule has 322 valence electrons. The molecule has 1 aliphatic heterocycles. The van der Waals surface area contributed by atoms with Crippen molar-refractivity contribution < 1.29 is 49.0 Å². The predicted octanol–water partition coefficient (Wildman–Crippen LogP) is 8.77. The number of ether oxygens (including phenoxy) is 4. The second kappa shape index (κ2) is 36.9. The fourth-order valence-electron chi connectivity index (χ4n) is 5.66. The van der Waals surface area contributed by atoms with Gasteiger partial charge in [-0.3, -0.25) is 9.59 Å². The maximum atomic E-state index is 12.8. The van der Waals surface area contributed by atoms with Crippen molar-refractivity contribution in [1.82, 2.24) is 0 Å². The molecular weight excluding hydrogens is 725 g/mol. The fraction of sp³-hybridized carbons (Fsp3) is 0.617. The summed E-state index contributed by atoms with van der Waals surface area (Å²) >= 11 is 0. The standard InChI is InChI=1S/C47H74O10/c1-3-5-7-9-11-13-15-17-18-19-20-21-22-24-26-28-30-32-34-36-43(50)56-40(39-55-47-46(53)45(52)44(51)41(37-48)57-47)38-54-42(49)35-33-31-29-27-25-23-16-14-12-10-8-6-4-2/h5-8,11-14,17-18,20-21,23,25,29,31,40-41,44-48,51-53H,3-4,9-10,15-16,19,22,24,26-28,30,32-39H2,1-2H3/b7-5-,8-6-,13-11-,14-12-,18-17-,21-20-,25-23-,31-29-. The van der Waals surface area contributed by atoms with E-state index < -0.39 is 55.4 Å². The summed E-state index contributed by atoms with van der Waals surface area (Å²) in [7, 11) is 0. The van der Waals surface area contributed by atoms with Gasteiger partial charge in [0, 0.05) is 12.8 Å². The second-order valence-electron chi connectivity index (χ2n) is 14.0. The number of hydrogen-bond donors (Lipinski definition) is 4. The van der Waals surface area contributed by atoms with Crippen LogP contribution >= 0.6 is 0 Å². The second-order valence-corrected chi connectivity index (χ2v) is 14.0. The van der Waals surface area contributed by atoms with Gasteiger partial charge in [0.05, 0.1) is 13.2 Å². The molecule has 0 aromatic heterocycles. The average molecular weight is 799 g/mol. The minimum atomic E-state index is -1.61. The van der Waals surface area contributed by atoms with Crippen LogP contribution in [0.1, 0.15) is 129 Å². The van der Waals surface area contributed by atoms with Crippen molar-refractivity contribution in [2.24, 2.45) is 0 Å². The van der Waals surface area contributed by atoms with Crippen molar-refractivity contribution >= 4 is 11.9 Å². The van der Waals surface area contributed by atoms with Gasteiger partial charge in [-0.15, -0.1) is 0 Å². The van der Waals surface area contributed by atoms with Crippen LogP contribution in [0.2, 0.25) is 0 Å². The van der Waals surface area contributed by atoms with Gasteiger partial charge >= 0.3 is 11.9 Å². The van der Waals surface area contributed by atoms with Crippen molar-refractivity contribution in [2.75, 3.05) is 19.8 Å². The van der Waals surface area contributed by atoms with Gasteiger partial charge in [-0.25, -0.2) is 0 Å². The number of carbonyl (C=O) groups excluding carboxylic acids is 2. The number of carbonyl (C=O) groups is 2. The summed E-state index contributed by atoms with van der Waals surface area (Å²) in [6, 6.07) is 0. The maximum Gasteiger partial charge on any atom is 0.306 e. The molecule has 0 amide bonds. The maximum absolute atomic E-state index is 12.8. The van der Waals surface area contributed by atoms with Gasteiger partial charge in [-0.05, 0) is 77.0 Å². The molecule has 0 spiro atoms. The summed E-state index contributed by atoms with van der Waals surface area (Å²) in [5.41, 5.74) is 0. The van der Waals surface area contributed by atoms with Crippen LogP contribution in [0.5, 0.6) is 0 Å². The van der Waals surface area contributed by atoms with E-state index in [1.807, 2.05) is 12.2 Å². The van der Waals surface area contributed by atoms with E-state index in [0.717, 1.165) is 89.9 Å². The molecule has 4 N–H and O–H groups in total. The third-order valence-corrected chi connectivity index (χ3v) is 8.98. The average Bonchev–Trinajstić information content (AvgIpc) is 3.21. The highest BCUT2D eigenvalue weighted by molar-refractivity contribution is 5.70. The SMILES string of the molecule is CC/C=C\C/C=C\C/C=C\C/C=C\CCCCCCCCC(=O)OC(COC(=O)CC/C=C\C/C=C\C/C=C\C/C=C\CC)COC1OC(CO)C(O)C(O)C1O. The van der Waals surface area contributed by atoms with Crippen LogP contribution in [0.25, 0.3) is 0 Å². The smallest absolute Gasteiger partial charge is 0.306 e. The third-order valence-electron chi connectivity index (χ3n) is 8.98. The highest BCUT2D eigenvalue weighted by atomic mass is 16.7. The van der Waals surface area contributed by atoms with E-state index in [4.69, 9.17) is 18.9 Å². The molecule has 0 radical (unpaired) electrons. The van der Waals surface area contributed by atoms with Crippen molar-refractivity contribution in [2.45, 2.75) is 166 Å². The van der Waals surface area contributed by atoms with Gasteiger partial charge in [0.2, 0.25) is 0 Å². The summed E-state index contributed by atoms with van der Waals surface area (Å²) in [5.74, 6) is -0.930. The van der Waals surface area contributed by atoms with Crippen LogP contribution in [0.4, 0.5) is 0 Å². The Kier molecular flexibility index (Phi) is 33.5. The quantitative estimate of drug-likeness (QED) is 0.0288. The first kappa shape index (κ1) is 51.6. The lowest BCUT2D eigenvalue weighted by molar-refractivity contribution is -0.305. The van der Waals surface area contributed by atoms with Crippen LogP contribution in [0.3, 0.4) is 0 Å². The zero-order chi connectivity index (χ0) is 41.6. The fourth-order valence-corrected chi connectivity index (χ4v) is 5.66. The Morgan fingerprint density at radius 3 is 1.54 bits per heavy atom. The normalized spacial score (nSPS) is 21.3. The first-order chi connectivity index (χ1) is 27.8. The molecule has 0 aliphatic carbocycles. The minimum Gasteiger partial charge on any atom is -0.462 e. The zero-order valence-corrected chi connectivity index (χ0v) is 34.8. The number of hydrogen-bond acceptors (Lipinski definition) is 10. The van der Waals surface area contributed by atoms with Crippen molar-refractivity contribution in [3.8, 4) is 0 Å². The van der Waals surface area contributed by atoms with Crippen LogP contribution in [-0.4, -0.2) is 89.0 Å². The third kappa shape index (κ3) is 28.6. The zero-order valence-electron chi connectivity index (χ0n) is 34.8. The Balaban J connectivity index is 2.40. The summed E-state index contributed by atoms with van der Waals surface area (Å²) in [5, 5.41) is 40.0. The number of aliphatic hydroxyl groups excluding tert-OH is 4. The van der Waals surface area contributed by atoms with Crippen molar-refractivity contribution in [1.29, 1.82) is 0 Å². The number of allylic oxidation sites excluding steroid dienone is 16. The lowest BCUT2D eigenvalue weighted by atomic mass is 9.99. The molecule has 10 heteroatoms. The van der Waals surface area contributed by atoms with Crippen LogP contribution in [0, 0.1) is 0 Å². The van der Waals surface area contributed by atoms with Crippen molar-refractivity contribution in [3.05, 3.63) is 97.2 Å². The van der Waals surface area contributed by atoms with Gasteiger partial charge in [0.15, 0.2) is 12.4 Å². The molecule has 0 aromatic carbocycles. The Hall–Kier alpha value is -3.38. The summed E-state index contributed by atoms with van der Waals surface area (Å²) in [4.78, 5) is 25.2. The molecule has 0 saturated carbocycles. The molecule has 0 bridgehead atoms. The first-order valence-electron chi connectivity index (χ1n) is 21.3. The lowest BCUT2D eigenvalue weighted by Crippen LogP contribution is -2.59. The molecule has 1 rings (SSSR count). The van der Waals surface area contributed by atoms with Crippen molar-refractivity contribution in [3.63, 3.8) is 0 Å². The minimum absolute atomic E-state index is 0.145. The molecule has 6 atom stereocenters. The number of unbranched alkanes of at least 4 members (excludes halogenated alkanes) is 6. The van der Waals surface area contributed by atoms with Gasteiger partial charge in [0.1, 0.15) is 31.0 Å². The largest absolute Gasteiger partial charge is 0.462 e. The monoisotopic (exact) mass is 799 g/mol. The Labute approximate surface area is 343 Å². The predicted molar refractivity (Wildman–Crippen MR) is 228 cm³/mol. The Morgan fingerprint density at radius 2 is 1.02 bits per heavy atom. The van der Waals surface area contributed by atoms with Gasteiger partial charge in [-0.1, -0.05) is 137 Å². The van der Waals surface area contributed by atoms with Gasteiger partial charge in [0.25, 0.3) is 0 Å². The van der Waals surface area contributed by atoms with Gasteiger partial charge in [-0.2, -0.15) is 0 Å². The highest BCUT2D eigenvalue weighted by Crippen LogP contribution is 2.22. The molecule has 10 nitrogen and oxygen atoms in total. The van der Waals surface area contributed by atoms with Gasteiger partial charge < -0.3 is 39.4 Å². The molecule has 57 heavy (non-hydrogen) atoms. The van der Waals surface area contributed by atoms with Crippen LogP contribution in [-0.2, 0) is 28.5 Å². The van der Waals surface area contributed by atoms with E-state index >= 15 is 0 Å². The number of esters is 2. The number of aliphatic hydroxyl groups is 4. The molecule has 1 heterocycles. The summed E-state index contributed by atoms with van der Waals surface area (Å²) in [6.45, 7) is 3.07. The molecular formula is C47H74O10. The van der Waals surface area contributed by atoms with Crippen LogP contribution in [0.15, 0.2) is 97.2 Å². The molecule has 1 aliphatic rings. The van der Waals surface area contributed by atoms with E-state index in [-0.39, 0.29) is 26.1 Å². The summed E-state index contributed by atoms with van der Waals surface area (Å²) < 4.78 is 22.0. The van der Waals surface area contributed by atoms with Crippen LogP contribution < -0.4 is 0 Å². The molecule has 6 unspecified atom stereocenters. The molecule has 0 aromatic rings. The molecule has 1 fully saturated rings.